The van der Waals surface area contributed by atoms with E-state index in [0.29, 0.717) is 11.6 Å². The molecule has 2 aliphatic rings. The van der Waals surface area contributed by atoms with Crippen LogP contribution in [0.25, 0.3) is 0 Å². The minimum atomic E-state index is 0.293. The van der Waals surface area contributed by atoms with E-state index < -0.39 is 0 Å². The molecule has 1 N–H and O–H groups in total. The number of nitrogens with zero attached hydrogens (tertiary/aromatic N) is 1. The average molecular weight is 282 g/mol. The van der Waals surface area contributed by atoms with Crippen LogP contribution in [0.4, 0.5) is 0 Å². The average Bonchev–Trinajstić information content (AvgIpc) is 3.34. The summed E-state index contributed by atoms with van der Waals surface area (Å²) in [5.74, 6) is 3.64. The van der Waals surface area contributed by atoms with Gasteiger partial charge >= 0.3 is 0 Å². The van der Waals surface area contributed by atoms with E-state index in [1.54, 1.807) is 0 Å². The largest absolute Gasteiger partial charge is 0.308 e. The van der Waals surface area contributed by atoms with Gasteiger partial charge in [0.15, 0.2) is 0 Å². The summed E-state index contributed by atoms with van der Waals surface area (Å²) in [6.45, 7) is 5.70. The predicted octanol–water partition coefficient (Wildman–Crippen LogP) is 3.22. The van der Waals surface area contributed by atoms with Crippen molar-refractivity contribution in [3.05, 3.63) is 35.9 Å². The van der Waals surface area contributed by atoms with E-state index in [4.69, 9.17) is 6.42 Å². The maximum absolute atomic E-state index is 5.42. The summed E-state index contributed by atoms with van der Waals surface area (Å²) in [4.78, 5) is 2.65. The number of hydrogen-bond acceptors (Lipinski definition) is 2. The number of nitrogens with one attached hydrogen (secondary N) is 1. The number of unbranched alkanes of at least 4 members (excludes halogenated alkanes) is 1. The van der Waals surface area contributed by atoms with Gasteiger partial charge in [0.05, 0.1) is 0 Å². The molecule has 2 atom stereocenters. The molecule has 112 valence electrons. The van der Waals surface area contributed by atoms with Crippen molar-refractivity contribution in [2.45, 2.75) is 44.2 Å². The van der Waals surface area contributed by atoms with Crippen molar-refractivity contribution >= 4 is 0 Å². The van der Waals surface area contributed by atoms with Gasteiger partial charge in [0.25, 0.3) is 0 Å². The highest BCUT2D eigenvalue weighted by atomic mass is 15.3. The van der Waals surface area contributed by atoms with E-state index in [-0.39, 0.29) is 0 Å². The molecule has 1 saturated heterocycles. The van der Waals surface area contributed by atoms with Gasteiger partial charge in [-0.25, -0.2) is 0 Å². The second kappa shape index (κ2) is 6.22. The van der Waals surface area contributed by atoms with Crippen LogP contribution in [0.1, 0.15) is 44.2 Å². The van der Waals surface area contributed by atoms with Crippen molar-refractivity contribution < 1.29 is 0 Å². The standard InChI is InChI=1S/C19H26N2/c1-3-4-8-13-21-15-19(2,17-11-12-17)20-14-18(21)16-9-6-5-7-10-16/h1,5-7,9-10,17-18,20H,4,8,11-15H2,2H3. The minimum absolute atomic E-state index is 0.293. The molecule has 2 fully saturated rings. The Balaban J connectivity index is 1.74. The van der Waals surface area contributed by atoms with E-state index in [0.717, 1.165) is 38.4 Å². The fourth-order valence-corrected chi connectivity index (χ4v) is 3.66. The molecule has 1 aliphatic carbocycles. The highest BCUT2D eigenvalue weighted by molar-refractivity contribution is 5.21. The van der Waals surface area contributed by atoms with Crippen LogP contribution in [-0.4, -0.2) is 30.1 Å². The Labute approximate surface area is 128 Å². The van der Waals surface area contributed by atoms with Crippen LogP contribution in [0, 0.1) is 18.3 Å². The summed E-state index contributed by atoms with van der Waals surface area (Å²) in [5.41, 5.74) is 1.71. The Morgan fingerprint density at radius 2 is 2.10 bits per heavy atom. The zero-order valence-electron chi connectivity index (χ0n) is 13.0. The summed E-state index contributed by atoms with van der Waals surface area (Å²) in [6.07, 6.45) is 10.2. The first-order valence-electron chi connectivity index (χ1n) is 8.20. The molecule has 2 nitrogen and oxygen atoms in total. The van der Waals surface area contributed by atoms with Gasteiger partial charge in [-0.05, 0) is 44.2 Å². The second-order valence-electron chi connectivity index (χ2n) is 6.78. The van der Waals surface area contributed by atoms with Gasteiger partial charge in [0, 0.05) is 31.1 Å². The Hall–Kier alpha value is -1.30. The zero-order chi connectivity index (χ0) is 14.7. The summed E-state index contributed by atoms with van der Waals surface area (Å²) < 4.78 is 0. The molecule has 0 bridgehead atoms. The van der Waals surface area contributed by atoms with Crippen molar-refractivity contribution in [3.63, 3.8) is 0 Å². The third-order valence-electron chi connectivity index (χ3n) is 5.10. The lowest BCUT2D eigenvalue weighted by atomic mass is 9.89. The number of hydrogen-bond donors (Lipinski definition) is 1. The van der Waals surface area contributed by atoms with Gasteiger partial charge in [-0.15, -0.1) is 12.3 Å². The van der Waals surface area contributed by atoms with Crippen LogP contribution >= 0.6 is 0 Å². The maximum Gasteiger partial charge on any atom is 0.0473 e. The Morgan fingerprint density at radius 3 is 2.76 bits per heavy atom. The molecule has 0 spiro atoms. The normalized spacial score (nSPS) is 30.0. The smallest absolute Gasteiger partial charge is 0.0473 e. The molecule has 0 radical (unpaired) electrons. The van der Waals surface area contributed by atoms with Gasteiger partial charge in [0.1, 0.15) is 0 Å². The molecular formula is C19H26N2. The summed E-state index contributed by atoms with van der Waals surface area (Å²) in [5, 5.41) is 3.84. The topological polar surface area (TPSA) is 15.3 Å². The fourth-order valence-electron chi connectivity index (χ4n) is 3.66. The first kappa shape index (κ1) is 14.6. The number of piperazine rings is 1. The third-order valence-corrected chi connectivity index (χ3v) is 5.10. The number of benzene rings is 1. The van der Waals surface area contributed by atoms with Crippen molar-refractivity contribution in [2.75, 3.05) is 19.6 Å². The van der Waals surface area contributed by atoms with Crippen molar-refractivity contribution in [1.82, 2.24) is 10.2 Å². The molecule has 21 heavy (non-hydrogen) atoms. The summed E-state index contributed by atoms with van der Waals surface area (Å²) >= 11 is 0. The van der Waals surface area contributed by atoms with Gasteiger partial charge in [-0.1, -0.05) is 30.3 Å². The Morgan fingerprint density at radius 1 is 1.33 bits per heavy atom. The molecule has 2 unspecified atom stereocenters. The Kier molecular flexibility index (Phi) is 4.33. The zero-order valence-corrected chi connectivity index (χ0v) is 13.0. The van der Waals surface area contributed by atoms with Crippen molar-refractivity contribution in [2.24, 2.45) is 5.92 Å². The van der Waals surface area contributed by atoms with Crippen molar-refractivity contribution in [1.29, 1.82) is 0 Å². The first-order valence-corrected chi connectivity index (χ1v) is 8.20. The summed E-state index contributed by atoms with van der Waals surface area (Å²) in [6, 6.07) is 11.4. The monoisotopic (exact) mass is 282 g/mol. The van der Waals surface area contributed by atoms with E-state index >= 15 is 0 Å². The molecule has 1 aromatic carbocycles. The van der Waals surface area contributed by atoms with Crippen molar-refractivity contribution in [3.8, 4) is 12.3 Å². The molecule has 0 aromatic heterocycles. The molecular weight excluding hydrogens is 256 g/mol. The fraction of sp³-hybridized carbons (Fsp3) is 0.579. The molecule has 1 aliphatic heterocycles. The quantitative estimate of drug-likeness (QED) is 0.659. The number of terminal acetylenes is 1. The molecule has 1 heterocycles. The molecule has 3 rings (SSSR count). The lowest BCUT2D eigenvalue weighted by Gasteiger charge is -2.47. The van der Waals surface area contributed by atoms with E-state index in [1.807, 2.05) is 0 Å². The number of rotatable bonds is 5. The molecule has 1 saturated carbocycles. The van der Waals surface area contributed by atoms with E-state index in [9.17, 15) is 0 Å². The highest BCUT2D eigenvalue weighted by Gasteiger charge is 2.45. The molecule has 1 aromatic rings. The molecule has 2 heteroatoms. The summed E-state index contributed by atoms with van der Waals surface area (Å²) in [7, 11) is 0. The first-order chi connectivity index (χ1) is 10.2. The second-order valence-corrected chi connectivity index (χ2v) is 6.78. The van der Waals surface area contributed by atoms with Gasteiger partial charge in [-0.3, -0.25) is 4.90 Å². The maximum atomic E-state index is 5.42. The van der Waals surface area contributed by atoms with E-state index in [2.05, 4.69) is 53.4 Å². The van der Waals surface area contributed by atoms with Crippen LogP contribution < -0.4 is 5.32 Å². The van der Waals surface area contributed by atoms with Gasteiger partial charge in [0.2, 0.25) is 0 Å². The highest BCUT2D eigenvalue weighted by Crippen LogP contribution is 2.42. The lowest BCUT2D eigenvalue weighted by molar-refractivity contribution is 0.0740. The molecule has 0 amide bonds. The van der Waals surface area contributed by atoms with Crippen LogP contribution in [0.15, 0.2) is 30.3 Å². The third kappa shape index (κ3) is 3.31. The van der Waals surface area contributed by atoms with Gasteiger partial charge in [-0.2, -0.15) is 0 Å². The Bertz CT molecular complexity index is 500. The lowest BCUT2D eigenvalue weighted by Crippen LogP contribution is -2.61. The van der Waals surface area contributed by atoms with Crippen LogP contribution in [0.2, 0.25) is 0 Å². The van der Waals surface area contributed by atoms with E-state index in [1.165, 1.54) is 18.4 Å². The van der Waals surface area contributed by atoms with Crippen LogP contribution in [-0.2, 0) is 0 Å². The van der Waals surface area contributed by atoms with Gasteiger partial charge < -0.3 is 5.32 Å². The van der Waals surface area contributed by atoms with Crippen LogP contribution in [0.5, 0.6) is 0 Å². The predicted molar refractivity (Wildman–Crippen MR) is 88.0 cm³/mol. The van der Waals surface area contributed by atoms with Crippen LogP contribution in [0.3, 0.4) is 0 Å². The SMILES string of the molecule is C#CCCCN1CC(C)(C2CC2)NCC1c1ccccc1. The minimum Gasteiger partial charge on any atom is -0.308 e.